The van der Waals surface area contributed by atoms with E-state index >= 15 is 0 Å². The first kappa shape index (κ1) is 21.9. The largest absolute Gasteiger partial charge is 0.305 e. The van der Waals surface area contributed by atoms with E-state index < -0.39 is 0 Å². The van der Waals surface area contributed by atoms with E-state index in [9.17, 15) is 4.79 Å². The number of amides is 1. The second kappa shape index (κ2) is 9.11. The van der Waals surface area contributed by atoms with Crippen LogP contribution in [0, 0.1) is 6.92 Å². The minimum atomic E-state index is -0.239. The van der Waals surface area contributed by atoms with Crippen LogP contribution in [0.15, 0.2) is 73.1 Å². The van der Waals surface area contributed by atoms with Gasteiger partial charge >= 0.3 is 0 Å². The first-order valence-corrected chi connectivity index (χ1v) is 11.4. The second-order valence-corrected chi connectivity index (χ2v) is 8.47. The van der Waals surface area contributed by atoms with Crippen LogP contribution in [-0.2, 0) is 13.1 Å². The summed E-state index contributed by atoms with van der Waals surface area (Å²) in [5, 5.41) is 13.4. The Labute approximate surface area is 202 Å². The highest BCUT2D eigenvalue weighted by Crippen LogP contribution is 2.27. The molecule has 8 heteroatoms. The van der Waals surface area contributed by atoms with Crippen molar-refractivity contribution in [2.45, 2.75) is 26.9 Å². The summed E-state index contributed by atoms with van der Waals surface area (Å²) < 4.78 is 3.64. The molecule has 5 rings (SSSR count). The summed E-state index contributed by atoms with van der Waals surface area (Å²) in [6, 6.07) is 18.9. The van der Waals surface area contributed by atoms with Crippen LogP contribution in [0.2, 0.25) is 5.02 Å². The number of halogens is 1. The molecule has 0 radical (unpaired) electrons. The lowest BCUT2D eigenvalue weighted by Gasteiger charge is -2.09. The molecule has 2 aromatic carbocycles. The molecule has 0 aliphatic carbocycles. The second-order valence-electron chi connectivity index (χ2n) is 8.04. The fourth-order valence-electron chi connectivity index (χ4n) is 3.91. The first-order chi connectivity index (χ1) is 16.5. The number of benzene rings is 2. The summed E-state index contributed by atoms with van der Waals surface area (Å²) in [6.45, 7) is 5.33. The maximum Gasteiger partial charge on any atom is 0.257 e. The van der Waals surface area contributed by atoms with Gasteiger partial charge in [0.05, 0.1) is 29.0 Å². The number of anilines is 1. The number of aryl methyl sites for hydroxylation is 2. The lowest BCUT2D eigenvalue weighted by Crippen LogP contribution is -2.14. The van der Waals surface area contributed by atoms with E-state index in [1.807, 2.05) is 85.5 Å². The van der Waals surface area contributed by atoms with Crippen LogP contribution in [-0.4, -0.2) is 30.5 Å². The number of pyridine rings is 1. The molecule has 170 valence electrons. The number of carbonyl (C=O) groups is 1. The fraction of sp³-hybridized carbons (Fsp3) is 0.154. The Morgan fingerprint density at radius 1 is 1.03 bits per heavy atom. The van der Waals surface area contributed by atoms with Gasteiger partial charge in [0.15, 0.2) is 5.82 Å². The van der Waals surface area contributed by atoms with Gasteiger partial charge in [-0.1, -0.05) is 41.9 Å². The molecule has 34 heavy (non-hydrogen) atoms. The smallest absolute Gasteiger partial charge is 0.257 e. The number of carbonyl (C=O) groups excluding carboxylic acids is 1. The molecule has 0 aliphatic heterocycles. The summed E-state index contributed by atoms with van der Waals surface area (Å²) in [5.41, 5.74) is 4.86. The Morgan fingerprint density at radius 2 is 1.82 bits per heavy atom. The van der Waals surface area contributed by atoms with Crippen LogP contribution < -0.4 is 5.32 Å². The molecule has 0 spiro atoms. The van der Waals surface area contributed by atoms with E-state index in [1.165, 1.54) is 0 Å². The number of hydrogen-bond acceptors (Lipinski definition) is 4. The third-order valence-electron chi connectivity index (χ3n) is 5.65. The molecule has 0 saturated carbocycles. The minimum Gasteiger partial charge on any atom is -0.305 e. The fourth-order valence-corrected chi connectivity index (χ4v) is 4.04. The summed E-state index contributed by atoms with van der Waals surface area (Å²) in [6.07, 6.45) is 3.80. The van der Waals surface area contributed by atoms with E-state index in [1.54, 1.807) is 10.7 Å². The highest BCUT2D eigenvalue weighted by atomic mass is 35.5. The van der Waals surface area contributed by atoms with E-state index in [2.05, 4.69) is 15.5 Å². The molecule has 0 atom stereocenters. The Balaban J connectivity index is 1.44. The molecule has 1 amide bonds. The van der Waals surface area contributed by atoms with Crippen molar-refractivity contribution in [3.63, 3.8) is 0 Å². The van der Waals surface area contributed by atoms with Crippen molar-refractivity contribution in [3.8, 4) is 11.3 Å². The average Bonchev–Trinajstić information content (AvgIpc) is 3.45. The molecule has 0 fully saturated rings. The van der Waals surface area contributed by atoms with Crippen molar-refractivity contribution in [1.29, 1.82) is 0 Å². The van der Waals surface area contributed by atoms with Gasteiger partial charge in [-0.3, -0.25) is 14.2 Å². The van der Waals surface area contributed by atoms with Crippen molar-refractivity contribution < 1.29 is 4.79 Å². The van der Waals surface area contributed by atoms with Crippen molar-refractivity contribution in [1.82, 2.24) is 24.5 Å². The number of rotatable bonds is 6. The average molecular weight is 471 g/mol. The third-order valence-corrected chi connectivity index (χ3v) is 5.90. The highest BCUT2D eigenvalue weighted by molar-refractivity contribution is 6.30. The van der Waals surface area contributed by atoms with Crippen LogP contribution in [0.4, 0.5) is 5.82 Å². The summed E-state index contributed by atoms with van der Waals surface area (Å²) in [7, 11) is 0. The topological polar surface area (TPSA) is 77.6 Å². The zero-order valence-corrected chi connectivity index (χ0v) is 19.6. The number of aromatic nitrogens is 5. The van der Waals surface area contributed by atoms with Gasteiger partial charge in [0.2, 0.25) is 0 Å². The van der Waals surface area contributed by atoms with Crippen LogP contribution in [0.25, 0.3) is 22.2 Å². The van der Waals surface area contributed by atoms with Gasteiger partial charge in [-0.15, -0.1) is 0 Å². The molecule has 7 nitrogen and oxygen atoms in total. The summed E-state index contributed by atoms with van der Waals surface area (Å²) in [4.78, 5) is 18.1. The number of nitrogens with zero attached hydrogens (tertiary/aromatic N) is 5. The Hall–Kier alpha value is -3.97. The van der Waals surface area contributed by atoms with Crippen molar-refractivity contribution in [3.05, 3.63) is 94.9 Å². The summed E-state index contributed by atoms with van der Waals surface area (Å²) in [5.74, 6) is 0.244. The van der Waals surface area contributed by atoms with Crippen LogP contribution in [0.5, 0.6) is 0 Å². The number of hydrogen-bond donors (Lipinski definition) is 1. The molecule has 0 unspecified atom stereocenters. The minimum absolute atomic E-state index is 0.239. The number of para-hydroxylation sites is 1. The lowest BCUT2D eigenvalue weighted by molar-refractivity contribution is 0.102. The zero-order chi connectivity index (χ0) is 23.7. The molecule has 0 saturated heterocycles. The van der Waals surface area contributed by atoms with Crippen molar-refractivity contribution in [2.24, 2.45) is 0 Å². The van der Waals surface area contributed by atoms with Crippen molar-refractivity contribution >= 4 is 34.2 Å². The molecule has 1 N–H and O–H groups in total. The van der Waals surface area contributed by atoms with Crippen molar-refractivity contribution in [2.75, 3.05) is 5.32 Å². The quantitative estimate of drug-likeness (QED) is 0.351. The molecular weight excluding hydrogens is 448 g/mol. The van der Waals surface area contributed by atoms with Crippen LogP contribution >= 0.6 is 11.6 Å². The Morgan fingerprint density at radius 3 is 2.59 bits per heavy atom. The lowest BCUT2D eigenvalue weighted by atomic mass is 10.0. The van der Waals surface area contributed by atoms with Gasteiger partial charge in [-0.2, -0.15) is 10.2 Å². The number of nitrogens with one attached hydrogen (secondary N) is 1. The van der Waals surface area contributed by atoms with Crippen LogP contribution in [0.3, 0.4) is 0 Å². The SMILES string of the molecule is CCn1cc(-c2cc(C(=O)Nc3ccn(Cc4ccc(Cl)cc4)n3)c3ccccc3n2)c(C)n1. The third kappa shape index (κ3) is 4.43. The monoisotopic (exact) mass is 470 g/mol. The predicted molar refractivity (Wildman–Crippen MR) is 134 cm³/mol. The zero-order valence-electron chi connectivity index (χ0n) is 18.9. The van der Waals surface area contributed by atoms with Gasteiger partial charge in [-0.05, 0) is 43.7 Å². The van der Waals surface area contributed by atoms with E-state index in [0.29, 0.717) is 28.6 Å². The molecule has 3 aromatic heterocycles. The van der Waals surface area contributed by atoms with Gasteiger partial charge in [0.1, 0.15) is 0 Å². The Kier molecular flexibility index (Phi) is 5.86. The van der Waals surface area contributed by atoms with Gasteiger partial charge < -0.3 is 5.32 Å². The van der Waals surface area contributed by atoms with Gasteiger partial charge in [-0.25, -0.2) is 4.98 Å². The van der Waals surface area contributed by atoms with Crippen LogP contribution in [0.1, 0.15) is 28.5 Å². The van der Waals surface area contributed by atoms with Gasteiger partial charge in [0, 0.05) is 41.0 Å². The number of fused-ring (bicyclic) bond motifs is 1. The molecule has 0 bridgehead atoms. The van der Waals surface area contributed by atoms with E-state index in [-0.39, 0.29) is 5.91 Å². The first-order valence-electron chi connectivity index (χ1n) is 11.0. The molecule has 0 aliphatic rings. The summed E-state index contributed by atoms with van der Waals surface area (Å²) >= 11 is 5.96. The van der Waals surface area contributed by atoms with E-state index in [0.717, 1.165) is 34.3 Å². The maximum atomic E-state index is 13.3. The van der Waals surface area contributed by atoms with E-state index in [4.69, 9.17) is 16.6 Å². The molecule has 3 heterocycles. The van der Waals surface area contributed by atoms with Gasteiger partial charge in [0.25, 0.3) is 5.91 Å². The standard InChI is InChI=1S/C26H23ClN6O/c1-3-32-16-22(17(2)30-32)24-14-21(20-6-4-5-7-23(20)28-24)26(34)29-25-12-13-33(31-25)15-18-8-10-19(27)11-9-18/h4-14,16H,3,15H2,1-2H3,(H,29,31,34). The molecular formula is C26H23ClN6O. The maximum absolute atomic E-state index is 13.3. The predicted octanol–water partition coefficient (Wildman–Crippen LogP) is 5.58. The molecule has 5 aromatic rings. The Bertz CT molecular complexity index is 1490. The highest BCUT2D eigenvalue weighted by Gasteiger charge is 2.17. The normalized spacial score (nSPS) is 11.1.